The first-order chi connectivity index (χ1) is 17.0. The maximum Gasteiger partial charge on any atom is 0.269 e. The fourth-order valence-corrected chi connectivity index (χ4v) is 4.63. The fraction of sp³-hybridized carbons (Fsp3) is 0.269. The molecule has 180 valence electrons. The number of nitrogens with zero attached hydrogens (tertiary/aromatic N) is 4. The lowest BCUT2D eigenvalue weighted by Crippen LogP contribution is -2.27. The molecule has 1 amide bonds. The number of aliphatic hydroxyl groups is 1. The summed E-state index contributed by atoms with van der Waals surface area (Å²) in [5.41, 5.74) is 2.57. The van der Waals surface area contributed by atoms with Crippen LogP contribution in [0.3, 0.4) is 0 Å². The van der Waals surface area contributed by atoms with Gasteiger partial charge in [-0.05, 0) is 48.1 Å². The van der Waals surface area contributed by atoms with Gasteiger partial charge in [0.25, 0.3) is 12.3 Å². The first-order valence-corrected chi connectivity index (χ1v) is 11.5. The lowest BCUT2D eigenvalue weighted by molar-refractivity contribution is 0.0958. The van der Waals surface area contributed by atoms with E-state index in [1.54, 1.807) is 31.4 Å². The Morgan fingerprint density at radius 2 is 2.03 bits per heavy atom. The van der Waals surface area contributed by atoms with E-state index in [9.17, 15) is 13.6 Å². The second-order valence-electron chi connectivity index (χ2n) is 8.44. The molecule has 2 aromatic heterocycles. The predicted molar refractivity (Wildman–Crippen MR) is 130 cm³/mol. The third kappa shape index (κ3) is 4.23. The Hall–Kier alpha value is -3.85. The molecule has 2 aromatic carbocycles. The zero-order valence-electron chi connectivity index (χ0n) is 19.2. The molecule has 0 radical (unpaired) electrons. The summed E-state index contributed by atoms with van der Waals surface area (Å²) in [6.45, 7) is 0.801. The molecular formula is C26H25F2N5O2. The first-order valence-electron chi connectivity index (χ1n) is 11.5. The Kier molecular flexibility index (Phi) is 6.17. The van der Waals surface area contributed by atoms with Gasteiger partial charge in [-0.3, -0.25) is 9.48 Å². The highest BCUT2D eigenvalue weighted by Gasteiger charge is 2.27. The molecule has 0 unspecified atom stereocenters. The number of nitrogens with one attached hydrogen (secondary N) is 1. The van der Waals surface area contributed by atoms with E-state index in [0.717, 1.165) is 29.2 Å². The maximum absolute atomic E-state index is 14.3. The normalized spacial score (nSPS) is 13.3. The van der Waals surface area contributed by atoms with Crippen molar-refractivity contribution in [1.29, 1.82) is 0 Å². The number of carbonyl (C=O) groups excluding carboxylic acids is 1. The number of anilines is 2. The van der Waals surface area contributed by atoms with Crippen LogP contribution >= 0.6 is 0 Å². The topological polar surface area (TPSA) is 83.3 Å². The second kappa shape index (κ2) is 9.42. The van der Waals surface area contributed by atoms with E-state index >= 15 is 0 Å². The number of hydrogen-bond acceptors (Lipinski definition) is 5. The van der Waals surface area contributed by atoms with Crippen LogP contribution in [0.5, 0.6) is 0 Å². The number of rotatable bonds is 6. The molecule has 0 spiro atoms. The molecule has 0 atom stereocenters. The summed E-state index contributed by atoms with van der Waals surface area (Å²) in [4.78, 5) is 19.0. The van der Waals surface area contributed by atoms with Gasteiger partial charge in [-0.1, -0.05) is 24.3 Å². The molecule has 5 rings (SSSR count). The summed E-state index contributed by atoms with van der Waals surface area (Å²) in [7, 11) is 1.55. The van der Waals surface area contributed by atoms with Gasteiger partial charge in [0.2, 0.25) is 0 Å². The van der Waals surface area contributed by atoms with Crippen LogP contribution in [0.15, 0.2) is 54.7 Å². The molecule has 1 aliphatic heterocycles. The number of aromatic nitrogens is 3. The van der Waals surface area contributed by atoms with Gasteiger partial charge in [0.1, 0.15) is 11.5 Å². The van der Waals surface area contributed by atoms with Crippen molar-refractivity contribution in [3.05, 3.63) is 71.5 Å². The molecule has 0 bridgehead atoms. The number of alkyl halides is 2. The highest BCUT2D eigenvalue weighted by molar-refractivity contribution is 6.01. The Labute approximate surface area is 201 Å². The van der Waals surface area contributed by atoms with E-state index in [0.29, 0.717) is 35.9 Å². The van der Waals surface area contributed by atoms with E-state index in [-0.39, 0.29) is 23.8 Å². The lowest BCUT2D eigenvalue weighted by atomic mass is 9.93. The van der Waals surface area contributed by atoms with Crippen molar-refractivity contribution in [2.24, 2.45) is 0 Å². The fourth-order valence-electron chi connectivity index (χ4n) is 4.63. The second-order valence-corrected chi connectivity index (χ2v) is 8.44. The van der Waals surface area contributed by atoms with Crippen molar-refractivity contribution in [2.75, 3.05) is 25.1 Å². The Morgan fingerprint density at radius 1 is 1.20 bits per heavy atom. The molecule has 0 saturated carbocycles. The average Bonchev–Trinajstić information content (AvgIpc) is 3.35. The van der Waals surface area contributed by atoms with Crippen LogP contribution in [-0.4, -0.2) is 46.0 Å². The first kappa shape index (κ1) is 22.9. The highest BCUT2D eigenvalue weighted by Crippen LogP contribution is 2.42. The van der Waals surface area contributed by atoms with Gasteiger partial charge < -0.3 is 15.3 Å². The Balaban J connectivity index is 1.67. The van der Waals surface area contributed by atoms with Crippen molar-refractivity contribution in [2.45, 2.75) is 25.8 Å². The Bertz CT molecular complexity index is 1400. The summed E-state index contributed by atoms with van der Waals surface area (Å²) in [6.07, 6.45) is 0.503. The minimum atomic E-state index is -2.70. The van der Waals surface area contributed by atoms with E-state index in [4.69, 9.17) is 5.11 Å². The largest absolute Gasteiger partial charge is 0.394 e. The number of benzene rings is 2. The molecule has 35 heavy (non-hydrogen) atoms. The van der Waals surface area contributed by atoms with Crippen LogP contribution in [0.4, 0.5) is 20.3 Å². The molecule has 2 N–H and O–H groups in total. The summed E-state index contributed by atoms with van der Waals surface area (Å²) >= 11 is 0. The van der Waals surface area contributed by atoms with Gasteiger partial charge in [0.05, 0.1) is 18.8 Å². The molecule has 0 aliphatic carbocycles. The standard InChI is InChI=1S/C26H25F2N5O2/c1-29-26(35)22-14-16-5-2-3-7-18(16)25(30-22)33-9-4-6-17-13-19(20(24(27)28)15-23(17)33)21-8-10-32(31-21)11-12-34/h2-3,5,7-8,10,13-15,24,34H,4,6,9,11-12H2,1H3,(H,29,35). The molecule has 7 nitrogen and oxygen atoms in total. The summed E-state index contributed by atoms with van der Waals surface area (Å²) in [5.74, 6) is 0.263. The van der Waals surface area contributed by atoms with Gasteiger partial charge in [-0.15, -0.1) is 0 Å². The molecule has 9 heteroatoms. The summed E-state index contributed by atoms with van der Waals surface area (Å²) < 4.78 is 30.1. The predicted octanol–water partition coefficient (Wildman–Crippen LogP) is 4.47. The van der Waals surface area contributed by atoms with Crippen LogP contribution in [-0.2, 0) is 13.0 Å². The number of fused-ring (bicyclic) bond motifs is 2. The van der Waals surface area contributed by atoms with Crippen LogP contribution in [0.25, 0.3) is 22.0 Å². The zero-order chi connectivity index (χ0) is 24.5. The highest BCUT2D eigenvalue weighted by atomic mass is 19.3. The van der Waals surface area contributed by atoms with Crippen LogP contribution in [0.2, 0.25) is 0 Å². The minimum absolute atomic E-state index is 0.0853. The SMILES string of the molecule is CNC(=O)c1cc2ccccc2c(N2CCCc3cc(-c4ccn(CCO)n4)c(C(F)F)cc32)n1. The number of aryl methyl sites for hydroxylation is 1. The third-order valence-corrected chi connectivity index (χ3v) is 6.29. The molecule has 4 aromatic rings. The average molecular weight is 478 g/mol. The maximum atomic E-state index is 14.3. The third-order valence-electron chi connectivity index (χ3n) is 6.29. The molecule has 1 aliphatic rings. The number of amides is 1. The van der Waals surface area contributed by atoms with E-state index in [1.165, 1.54) is 10.7 Å². The molecule has 0 saturated heterocycles. The van der Waals surface area contributed by atoms with Gasteiger partial charge in [-0.2, -0.15) is 5.10 Å². The van der Waals surface area contributed by atoms with Crippen molar-refractivity contribution in [3.8, 4) is 11.3 Å². The number of hydrogen-bond donors (Lipinski definition) is 2. The smallest absolute Gasteiger partial charge is 0.269 e. The molecular weight excluding hydrogens is 452 g/mol. The summed E-state index contributed by atoms with van der Waals surface area (Å²) in [5, 5.41) is 17.8. The van der Waals surface area contributed by atoms with Gasteiger partial charge in [0.15, 0.2) is 0 Å². The minimum Gasteiger partial charge on any atom is -0.394 e. The van der Waals surface area contributed by atoms with Gasteiger partial charge >= 0.3 is 0 Å². The number of halogens is 2. The van der Waals surface area contributed by atoms with Crippen LogP contribution in [0.1, 0.15) is 34.5 Å². The van der Waals surface area contributed by atoms with Crippen molar-refractivity contribution >= 4 is 28.2 Å². The molecule has 0 fully saturated rings. The quantitative estimate of drug-likeness (QED) is 0.428. The van der Waals surface area contributed by atoms with E-state index in [2.05, 4.69) is 15.4 Å². The van der Waals surface area contributed by atoms with Crippen LogP contribution < -0.4 is 10.2 Å². The zero-order valence-corrected chi connectivity index (χ0v) is 19.2. The van der Waals surface area contributed by atoms with Crippen LogP contribution in [0, 0.1) is 0 Å². The number of aliphatic hydroxyl groups excluding tert-OH is 1. The van der Waals surface area contributed by atoms with Crippen molar-refractivity contribution in [1.82, 2.24) is 20.1 Å². The number of pyridine rings is 1. The lowest BCUT2D eigenvalue weighted by Gasteiger charge is -2.32. The van der Waals surface area contributed by atoms with E-state index in [1.807, 2.05) is 29.2 Å². The monoisotopic (exact) mass is 477 g/mol. The Morgan fingerprint density at radius 3 is 2.80 bits per heavy atom. The molecule has 3 heterocycles. The van der Waals surface area contributed by atoms with Crippen molar-refractivity contribution < 1.29 is 18.7 Å². The van der Waals surface area contributed by atoms with Gasteiger partial charge in [0, 0.05) is 42.0 Å². The van der Waals surface area contributed by atoms with E-state index < -0.39 is 6.43 Å². The van der Waals surface area contributed by atoms with Gasteiger partial charge in [-0.25, -0.2) is 13.8 Å². The summed E-state index contributed by atoms with van der Waals surface area (Å²) in [6, 6.07) is 14.4. The van der Waals surface area contributed by atoms with Crippen molar-refractivity contribution in [3.63, 3.8) is 0 Å². The number of carbonyl (C=O) groups is 1.